The molecule has 0 aliphatic heterocycles. The van der Waals surface area contributed by atoms with E-state index < -0.39 is 70.4 Å². The number of nitrogens with one attached hydrogen (secondary N) is 1. The maximum Gasteiger partial charge on any atom is 0.419 e. The highest BCUT2D eigenvalue weighted by Gasteiger charge is 2.39. The van der Waals surface area contributed by atoms with Gasteiger partial charge in [-0.15, -0.1) is 0 Å². The van der Waals surface area contributed by atoms with Gasteiger partial charge in [0, 0.05) is 81.6 Å². The normalized spacial score (nSPS) is 12.9. The Morgan fingerprint density at radius 2 is 0.851 bits per heavy atom. The Labute approximate surface area is 429 Å². The summed E-state index contributed by atoms with van der Waals surface area (Å²) >= 11 is 0. The van der Waals surface area contributed by atoms with Crippen LogP contribution in [0.2, 0.25) is 0 Å². The monoisotopic (exact) mass is 1010 g/mol. The van der Waals surface area contributed by atoms with E-state index in [0.717, 1.165) is 11.5 Å². The molecule has 1 N–H and O–H groups in total. The zero-order valence-corrected chi connectivity index (χ0v) is 43.7. The Morgan fingerprint density at radius 1 is 0.500 bits per heavy atom. The number of carbonyl (C=O) groups is 7. The lowest BCUT2D eigenvalue weighted by Gasteiger charge is -2.31. The van der Waals surface area contributed by atoms with Crippen LogP contribution in [-0.2, 0) is 47.6 Å². The first kappa shape index (κ1) is 55.1. The number of fused-ring (bicyclic) bond motifs is 3. The molecule has 1 amide bonds. The fourth-order valence-corrected chi connectivity index (χ4v) is 7.58. The van der Waals surface area contributed by atoms with Gasteiger partial charge in [0.15, 0.2) is 6.10 Å². The summed E-state index contributed by atoms with van der Waals surface area (Å²) in [6.45, 7) is 18.6. The molecular formula is C57H64N4O13. The molecule has 0 spiro atoms. The molecule has 0 bridgehead atoms. The second kappa shape index (κ2) is 22.7. The summed E-state index contributed by atoms with van der Waals surface area (Å²) in [6.07, 6.45) is 9.62. The van der Waals surface area contributed by atoms with E-state index in [1.54, 1.807) is 149 Å². The zero-order valence-electron chi connectivity index (χ0n) is 43.7. The van der Waals surface area contributed by atoms with E-state index >= 15 is 0 Å². The van der Waals surface area contributed by atoms with Crippen LogP contribution in [0.25, 0.3) is 50.9 Å². The summed E-state index contributed by atoms with van der Waals surface area (Å²) in [5.41, 5.74) is -0.199. The van der Waals surface area contributed by atoms with E-state index in [2.05, 4.69) is 5.32 Å². The molecule has 3 heterocycles. The highest BCUT2D eigenvalue weighted by atomic mass is 16.6. The number of aromatic nitrogens is 3. The van der Waals surface area contributed by atoms with E-state index in [4.69, 9.17) is 28.4 Å². The zero-order chi connectivity index (χ0) is 54.2. The average Bonchev–Trinajstić information content (AvgIpc) is 4.01. The topological polar surface area (TPSA) is 202 Å². The smallest absolute Gasteiger partial charge is 0.419 e. The maximum absolute atomic E-state index is 14.0. The number of carbonyl (C=O) groups excluding carboxylic acids is 7. The average molecular weight is 1010 g/mol. The highest BCUT2D eigenvalue weighted by molar-refractivity contribution is 6.01. The second-order valence-corrected chi connectivity index (χ2v) is 21.1. The number of rotatable bonds is 15. The Hall–Kier alpha value is -8.21. The van der Waals surface area contributed by atoms with Crippen LogP contribution in [0.1, 0.15) is 99.3 Å². The van der Waals surface area contributed by atoms with Crippen LogP contribution < -0.4 is 5.32 Å². The summed E-state index contributed by atoms with van der Waals surface area (Å²) in [5, 5.41) is 4.79. The molecule has 390 valence electrons. The fourth-order valence-electron chi connectivity index (χ4n) is 7.58. The van der Waals surface area contributed by atoms with E-state index in [0.29, 0.717) is 44.0 Å². The summed E-state index contributed by atoms with van der Waals surface area (Å²) < 4.78 is 37.7. The molecule has 6 aromatic rings. The summed E-state index contributed by atoms with van der Waals surface area (Å²) in [6, 6.07) is 21.4. The van der Waals surface area contributed by atoms with Gasteiger partial charge in [0.25, 0.3) is 5.91 Å². The first-order chi connectivity index (χ1) is 34.7. The lowest BCUT2D eigenvalue weighted by molar-refractivity contribution is -0.164. The predicted molar refractivity (Wildman–Crippen MR) is 281 cm³/mol. The third-order valence-corrected chi connectivity index (χ3v) is 10.8. The van der Waals surface area contributed by atoms with Gasteiger partial charge in [-0.2, -0.15) is 0 Å². The second-order valence-electron chi connectivity index (χ2n) is 21.1. The van der Waals surface area contributed by atoms with Gasteiger partial charge in [-0.3, -0.25) is 18.5 Å². The van der Waals surface area contributed by atoms with Gasteiger partial charge in [-0.25, -0.2) is 28.8 Å². The van der Waals surface area contributed by atoms with Gasteiger partial charge in [0.05, 0.1) is 23.2 Å². The van der Waals surface area contributed by atoms with Crippen molar-refractivity contribution in [1.29, 1.82) is 0 Å². The van der Waals surface area contributed by atoms with Crippen LogP contribution in [0.5, 0.6) is 0 Å². The summed E-state index contributed by atoms with van der Waals surface area (Å²) in [7, 11) is 0. The van der Waals surface area contributed by atoms with Gasteiger partial charge in [-0.1, -0.05) is 68.4 Å². The highest BCUT2D eigenvalue weighted by Crippen LogP contribution is 2.29. The molecule has 74 heavy (non-hydrogen) atoms. The number of para-hydroxylation sites is 3. The van der Waals surface area contributed by atoms with Crippen molar-refractivity contribution in [1.82, 2.24) is 19.0 Å². The third-order valence-electron chi connectivity index (χ3n) is 10.8. The number of amides is 1. The molecule has 0 unspecified atom stereocenters. The lowest BCUT2D eigenvalue weighted by atomic mass is 9.86. The van der Waals surface area contributed by atoms with Crippen molar-refractivity contribution in [3.63, 3.8) is 0 Å². The number of hydrogen-bond acceptors (Lipinski definition) is 13. The third kappa shape index (κ3) is 14.7. The molecule has 3 aromatic heterocycles. The molecule has 3 aromatic carbocycles. The minimum atomic E-state index is -1.51. The lowest BCUT2D eigenvalue weighted by Crippen LogP contribution is -2.49. The molecule has 0 saturated carbocycles. The summed E-state index contributed by atoms with van der Waals surface area (Å²) in [4.78, 5) is 92.7. The first-order valence-electron chi connectivity index (χ1n) is 24.1. The SMILES string of the molecule is CC(C)(C)OC(=O)n1cc(/C=C/C(=O)OCCCNC(=O)[C@H](OC(=O)/C=C/c2cn(C(=O)OC(C)(C)C)c3ccccc23)C(C)(C)COC(=O)/C=C/c2cn(C(=O)OC(C)(C)C)c3ccccc23)c2ccccc21. The Balaban J connectivity index is 1.13. The predicted octanol–water partition coefficient (Wildman–Crippen LogP) is 10.9. The Morgan fingerprint density at radius 3 is 1.23 bits per heavy atom. The standard InChI is InChI=1S/C57H64N4O13/c1-54(2,3)72-51(66)59-33-37(40-19-12-15-22-43(40)59)25-28-46(62)69-32-18-31-58-50(65)49(71-48(64)30-27-39-35-61(53(68)74-56(7,8)9)45-24-17-14-21-42(39)45)57(10,11)36-70-47(63)29-26-38-34-60(52(67)73-55(4,5)6)44-23-16-13-20-41(38)44/h12-17,19-30,33-35,49H,18,31-32,36H2,1-11H3,(H,58,65)/b28-25+,29-26+,30-27+/t49-/m0/s1. The molecule has 17 nitrogen and oxygen atoms in total. The molecule has 6 rings (SSSR count). The quantitative estimate of drug-likeness (QED) is 0.0441. The fraction of sp³-hybridized carbons (Fsp3) is 0.351. The van der Waals surface area contributed by atoms with Crippen LogP contribution in [-0.4, -0.2) is 98.5 Å². The van der Waals surface area contributed by atoms with Crippen molar-refractivity contribution in [2.45, 2.75) is 105 Å². The Kier molecular flexibility index (Phi) is 16.9. The molecule has 1 atom stereocenters. The van der Waals surface area contributed by atoms with Crippen molar-refractivity contribution in [2.75, 3.05) is 19.8 Å². The van der Waals surface area contributed by atoms with Crippen molar-refractivity contribution in [3.05, 3.63) is 126 Å². The van der Waals surface area contributed by atoms with E-state index in [9.17, 15) is 33.6 Å². The van der Waals surface area contributed by atoms with Crippen molar-refractivity contribution in [3.8, 4) is 0 Å². The molecule has 0 fully saturated rings. The largest absolute Gasteiger partial charge is 0.462 e. The molecule has 17 heteroatoms. The molecule has 0 radical (unpaired) electrons. The summed E-state index contributed by atoms with van der Waals surface area (Å²) in [5.74, 6) is -3.06. The number of benzene rings is 3. The first-order valence-corrected chi connectivity index (χ1v) is 24.1. The number of hydrogen-bond donors (Lipinski definition) is 1. The van der Waals surface area contributed by atoms with Gasteiger partial charge in [0.1, 0.15) is 23.4 Å². The van der Waals surface area contributed by atoms with E-state index in [1.165, 1.54) is 50.3 Å². The van der Waals surface area contributed by atoms with Crippen LogP contribution in [0, 0.1) is 5.41 Å². The number of nitrogens with zero attached hydrogens (tertiary/aromatic N) is 3. The van der Waals surface area contributed by atoms with Gasteiger partial charge >= 0.3 is 36.2 Å². The Bertz CT molecular complexity index is 3180. The van der Waals surface area contributed by atoms with E-state index in [1.807, 2.05) is 12.1 Å². The maximum atomic E-state index is 14.0. The van der Waals surface area contributed by atoms with Crippen LogP contribution in [0.4, 0.5) is 14.4 Å². The van der Waals surface area contributed by atoms with Gasteiger partial charge in [0.2, 0.25) is 0 Å². The molecule has 0 saturated heterocycles. The minimum Gasteiger partial charge on any atom is -0.462 e. The van der Waals surface area contributed by atoms with E-state index in [-0.39, 0.29) is 26.2 Å². The molecule has 0 aliphatic carbocycles. The van der Waals surface area contributed by atoms with Gasteiger partial charge < -0.3 is 33.7 Å². The minimum absolute atomic E-state index is 0.00275. The van der Waals surface area contributed by atoms with Crippen LogP contribution in [0.3, 0.4) is 0 Å². The van der Waals surface area contributed by atoms with Crippen molar-refractivity contribution < 1.29 is 62.0 Å². The number of ether oxygens (including phenoxy) is 6. The molecular weight excluding hydrogens is 949 g/mol. The number of esters is 3. The van der Waals surface area contributed by atoms with Crippen LogP contribution in [0.15, 0.2) is 110 Å². The van der Waals surface area contributed by atoms with Crippen LogP contribution >= 0.6 is 0 Å². The van der Waals surface area contributed by atoms with Crippen molar-refractivity contribution >= 4 is 93.0 Å². The molecule has 0 aliphatic rings. The van der Waals surface area contributed by atoms with Crippen molar-refractivity contribution in [2.24, 2.45) is 5.41 Å². The van der Waals surface area contributed by atoms with Gasteiger partial charge in [-0.05, 0) is 105 Å².